The summed E-state index contributed by atoms with van der Waals surface area (Å²) in [5, 5.41) is 2.56. The second-order valence-electron chi connectivity index (χ2n) is 5.58. The van der Waals surface area contributed by atoms with E-state index in [0.29, 0.717) is 12.4 Å². The minimum Gasteiger partial charge on any atom is -0.489 e. The summed E-state index contributed by atoms with van der Waals surface area (Å²) >= 11 is 0. The van der Waals surface area contributed by atoms with Gasteiger partial charge in [-0.25, -0.2) is 0 Å². The molecule has 1 atom stereocenters. The Morgan fingerprint density at radius 3 is 2.48 bits per heavy atom. The minimum absolute atomic E-state index is 0.121. The van der Waals surface area contributed by atoms with Crippen molar-refractivity contribution in [3.8, 4) is 5.75 Å². The van der Waals surface area contributed by atoms with E-state index in [0.717, 1.165) is 11.1 Å². The lowest BCUT2D eigenvalue weighted by molar-refractivity contribution is -0.129. The highest BCUT2D eigenvalue weighted by Gasteiger charge is 2.18. The summed E-state index contributed by atoms with van der Waals surface area (Å²) in [5.41, 5.74) is 7.28. The van der Waals surface area contributed by atoms with E-state index >= 15 is 0 Å². The van der Waals surface area contributed by atoms with Crippen molar-refractivity contribution < 1.29 is 19.1 Å². The number of rotatable bonds is 9. The molecule has 0 aliphatic carbocycles. The fraction of sp³-hybridized carbons (Fsp3) is 0.263. The number of amides is 2. The van der Waals surface area contributed by atoms with E-state index in [1.54, 1.807) is 0 Å². The van der Waals surface area contributed by atoms with Gasteiger partial charge in [0.05, 0.1) is 0 Å². The molecule has 2 amide bonds. The van der Waals surface area contributed by atoms with Gasteiger partial charge in [-0.1, -0.05) is 42.5 Å². The molecule has 132 valence electrons. The van der Waals surface area contributed by atoms with Gasteiger partial charge in [0.1, 0.15) is 25.0 Å². The molecule has 0 saturated heterocycles. The summed E-state index contributed by atoms with van der Waals surface area (Å²) in [4.78, 5) is 23.2. The molecular weight excluding hydrogens is 320 g/mol. The first-order chi connectivity index (χ1) is 12.1. The van der Waals surface area contributed by atoms with Gasteiger partial charge in [-0.3, -0.25) is 9.59 Å². The zero-order valence-electron chi connectivity index (χ0n) is 14.1. The van der Waals surface area contributed by atoms with Crippen LogP contribution in [0.15, 0.2) is 54.6 Å². The molecule has 0 unspecified atom stereocenters. The van der Waals surface area contributed by atoms with Gasteiger partial charge in [-0.2, -0.15) is 0 Å². The molecule has 0 radical (unpaired) electrons. The van der Waals surface area contributed by atoms with Gasteiger partial charge in [0.15, 0.2) is 0 Å². The first-order valence-corrected chi connectivity index (χ1v) is 7.91. The van der Waals surface area contributed by atoms with Crippen LogP contribution in [-0.2, 0) is 27.4 Å². The molecule has 6 heteroatoms. The summed E-state index contributed by atoms with van der Waals surface area (Å²) in [6.07, 6.45) is 0.285. The van der Waals surface area contributed by atoms with Gasteiger partial charge in [0.25, 0.3) is 0 Å². The van der Waals surface area contributed by atoms with E-state index in [2.05, 4.69) is 5.32 Å². The number of nitrogens with two attached hydrogens (primary N) is 1. The fourth-order valence-corrected chi connectivity index (χ4v) is 2.33. The van der Waals surface area contributed by atoms with Crippen LogP contribution < -0.4 is 15.8 Å². The van der Waals surface area contributed by atoms with Gasteiger partial charge in [0.2, 0.25) is 11.8 Å². The number of ether oxygens (including phenoxy) is 2. The van der Waals surface area contributed by atoms with Gasteiger partial charge >= 0.3 is 0 Å². The molecule has 0 aliphatic rings. The number of carbonyl (C=O) groups excluding carboxylic acids is 2. The fourth-order valence-electron chi connectivity index (χ4n) is 2.33. The Bertz CT molecular complexity index is 704. The van der Waals surface area contributed by atoms with Crippen molar-refractivity contribution in [2.75, 3.05) is 13.7 Å². The third-order valence-corrected chi connectivity index (χ3v) is 3.54. The molecule has 0 aromatic heterocycles. The molecule has 3 N–H and O–H groups in total. The highest BCUT2D eigenvalue weighted by atomic mass is 16.5. The first-order valence-electron chi connectivity index (χ1n) is 7.91. The third kappa shape index (κ3) is 6.27. The zero-order chi connectivity index (χ0) is 18.1. The lowest BCUT2D eigenvalue weighted by atomic mass is 10.1. The second-order valence-corrected chi connectivity index (χ2v) is 5.58. The quantitative estimate of drug-likeness (QED) is 0.721. The van der Waals surface area contributed by atoms with Crippen molar-refractivity contribution >= 4 is 11.8 Å². The largest absolute Gasteiger partial charge is 0.489 e. The van der Waals surface area contributed by atoms with Gasteiger partial charge in [0, 0.05) is 13.5 Å². The number of benzene rings is 2. The van der Waals surface area contributed by atoms with Gasteiger partial charge in [-0.15, -0.1) is 0 Å². The van der Waals surface area contributed by atoms with Crippen molar-refractivity contribution in [1.29, 1.82) is 0 Å². The summed E-state index contributed by atoms with van der Waals surface area (Å²) in [7, 11) is 1.41. The number of carbonyl (C=O) groups is 2. The lowest BCUT2D eigenvalue weighted by Crippen LogP contribution is -2.46. The van der Waals surface area contributed by atoms with Crippen LogP contribution in [0.25, 0.3) is 0 Å². The summed E-state index contributed by atoms with van der Waals surface area (Å²) in [5.74, 6) is -0.296. The Labute approximate surface area is 146 Å². The van der Waals surface area contributed by atoms with Crippen LogP contribution in [0.1, 0.15) is 11.1 Å². The summed E-state index contributed by atoms with van der Waals surface area (Å²) < 4.78 is 10.5. The average molecular weight is 342 g/mol. The number of methoxy groups -OCH3 is 1. The molecule has 0 saturated carbocycles. The summed E-state index contributed by atoms with van der Waals surface area (Å²) in [6, 6.07) is 16.4. The van der Waals surface area contributed by atoms with E-state index < -0.39 is 11.9 Å². The minimum atomic E-state index is -0.799. The Balaban J connectivity index is 1.98. The maximum absolute atomic E-state index is 11.6. The SMILES string of the molecule is COCC(=O)N[C@@H](Cc1cccc(OCc2ccccc2)c1)C(N)=O. The van der Waals surface area contributed by atoms with Gasteiger partial charge < -0.3 is 20.5 Å². The van der Waals surface area contributed by atoms with Gasteiger partial charge in [-0.05, 0) is 23.3 Å². The lowest BCUT2D eigenvalue weighted by Gasteiger charge is -2.16. The van der Waals surface area contributed by atoms with E-state index in [1.165, 1.54) is 7.11 Å². The first kappa shape index (κ1) is 18.5. The predicted molar refractivity (Wildman–Crippen MR) is 93.9 cm³/mol. The standard InChI is InChI=1S/C19H22N2O4/c1-24-13-18(22)21-17(19(20)23)11-15-8-5-9-16(10-15)25-12-14-6-3-2-4-7-14/h2-10,17H,11-13H2,1H3,(H2,20,23)(H,21,22)/t17-/m0/s1. The molecule has 6 nitrogen and oxygen atoms in total. The van der Waals surface area contributed by atoms with Crippen LogP contribution in [-0.4, -0.2) is 31.6 Å². The van der Waals surface area contributed by atoms with Crippen LogP contribution in [0.5, 0.6) is 5.75 Å². The maximum Gasteiger partial charge on any atom is 0.246 e. The van der Waals surface area contributed by atoms with E-state index in [1.807, 2.05) is 54.6 Å². The Morgan fingerprint density at radius 2 is 1.80 bits per heavy atom. The number of nitrogens with one attached hydrogen (secondary N) is 1. The van der Waals surface area contributed by atoms with Crippen molar-refractivity contribution in [2.24, 2.45) is 5.73 Å². The topological polar surface area (TPSA) is 90.7 Å². The molecule has 0 spiro atoms. The van der Waals surface area contributed by atoms with Crippen LogP contribution in [0.4, 0.5) is 0 Å². The molecule has 0 bridgehead atoms. The average Bonchev–Trinajstić information content (AvgIpc) is 2.61. The molecule has 2 aromatic carbocycles. The number of hydrogen-bond donors (Lipinski definition) is 2. The molecule has 2 aromatic rings. The Hall–Kier alpha value is -2.86. The Kier molecular flexibility index (Phi) is 6.98. The highest BCUT2D eigenvalue weighted by molar-refractivity contribution is 5.87. The van der Waals surface area contributed by atoms with Crippen molar-refractivity contribution in [1.82, 2.24) is 5.32 Å². The predicted octanol–water partition coefficient (Wildman–Crippen LogP) is 1.42. The number of primary amides is 1. The van der Waals surface area contributed by atoms with E-state index in [9.17, 15) is 9.59 Å². The van der Waals surface area contributed by atoms with Crippen LogP contribution in [0.3, 0.4) is 0 Å². The maximum atomic E-state index is 11.6. The van der Waals surface area contributed by atoms with Crippen molar-refractivity contribution in [3.05, 3.63) is 65.7 Å². The zero-order valence-corrected chi connectivity index (χ0v) is 14.1. The second kappa shape index (κ2) is 9.44. The van der Waals surface area contributed by atoms with Crippen molar-refractivity contribution in [2.45, 2.75) is 19.1 Å². The monoisotopic (exact) mass is 342 g/mol. The van der Waals surface area contributed by atoms with E-state index in [-0.39, 0.29) is 18.9 Å². The normalized spacial score (nSPS) is 11.6. The molecule has 0 fully saturated rings. The third-order valence-electron chi connectivity index (χ3n) is 3.54. The molecular formula is C19H22N2O4. The highest BCUT2D eigenvalue weighted by Crippen LogP contribution is 2.16. The van der Waals surface area contributed by atoms with Crippen LogP contribution in [0, 0.1) is 0 Å². The smallest absolute Gasteiger partial charge is 0.246 e. The summed E-state index contributed by atoms with van der Waals surface area (Å²) in [6.45, 7) is 0.331. The molecule has 25 heavy (non-hydrogen) atoms. The van der Waals surface area contributed by atoms with Crippen LogP contribution in [0.2, 0.25) is 0 Å². The molecule has 0 aliphatic heterocycles. The van der Waals surface area contributed by atoms with Crippen molar-refractivity contribution in [3.63, 3.8) is 0 Å². The van der Waals surface area contributed by atoms with Crippen LogP contribution >= 0.6 is 0 Å². The number of hydrogen-bond acceptors (Lipinski definition) is 4. The Morgan fingerprint density at radius 1 is 1.08 bits per heavy atom. The molecule has 0 heterocycles. The molecule has 2 rings (SSSR count). The van der Waals surface area contributed by atoms with E-state index in [4.69, 9.17) is 15.2 Å².